The van der Waals surface area contributed by atoms with Crippen molar-refractivity contribution in [1.29, 1.82) is 0 Å². The summed E-state index contributed by atoms with van der Waals surface area (Å²) in [5.74, 6) is -1.65. The molecule has 4 amide bonds. The Morgan fingerprint density at radius 1 is 0.264 bits per heavy atom. The number of amides is 4. The van der Waals surface area contributed by atoms with Crippen LogP contribution < -0.4 is 0 Å². The van der Waals surface area contributed by atoms with Crippen molar-refractivity contribution in [2.75, 3.05) is 131 Å². The Morgan fingerprint density at radius 2 is 0.445 bits per heavy atom. The number of carbonyl (C=O) groups excluding carboxylic acids is 4. The molecule has 5 aliphatic rings. The van der Waals surface area contributed by atoms with E-state index in [9.17, 15) is 101 Å². The van der Waals surface area contributed by atoms with Gasteiger partial charge in [-0.25, -0.2) is 0 Å². The van der Waals surface area contributed by atoms with Gasteiger partial charge in [-0.2, -0.15) is 0 Å². The molecule has 0 unspecified atom stereocenters. The van der Waals surface area contributed by atoms with Gasteiger partial charge in [-0.1, -0.05) is 156 Å². The van der Waals surface area contributed by atoms with Crippen LogP contribution in [0.1, 0.15) is 220 Å². The monoisotopic (exact) mass is 1580 g/mol. The molecule has 16 N–H and O–H groups in total. The van der Waals surface area contributed by atoms with Crippen LogP contribution in [0.25, 0.3) is 0 Å². The Balaban J connectivity index is 1.54. The molecule has 0 spiro atoms. The summed E-state index contributed by atoms with van der Waals surface area (Å²) < 4.78 is 24.1. The lowest BCUT2D eigenvalue weighted by molar-refractivity contribution is -0.262. The maximum absolute atomic E-state index is 14.9. The number of hydrogen-bond acceptors (Lipinski definition) is 28. The Hall–Kier alpha value is -3.08. The van der Waals surface area contributed by atoms with Crippen molar-refractivity contribution in [3.05, 3.63) is 0 Å². The van der Waals surface area contributed by atoms with Crippen LogP contribution in [0, 0.1) is 0 Å². The molecule has 5 aliphatic heterocycles. The molecule has 110 heavy (non-hydrogen) atoms. The van der Waals surface area contributed by atoms with Gasteiger partial charge in [0.1, 0.15) is 97.7 Å². The average Bonchev–Trinajstić information content (AvgIpc) is 0.817. The zero-order chi connectivity index (χ0) is 80.7. The lowest BCUT2D eigenvalue weighted by Gasteiger charge is -2.45. The highest BCUT2D eigenvalue weighted by molar-refractivity contribution is 5.78. The quantitative estimate of drug-likeness (QED) is 0.0342. The second-order valence-corrected chi connectivity index (χ2v) is 31.4. The molecule has 5 rings (SSSR count). The lowest BCUT2D eigenvalue weighted by atomic mass is 9.97. The second kappa shape index (κ2) is 54.0. The van der Waals surface area contributed by atoms with Gasteiger partial charge in [0.25, 0.3) is 0 Å². The van der Waals surface area contributed by atoms with E-state index in [0.717, 1.165) is 128 Å². The Morgan fingerprint density at radius 3 is 0.627 bits per heavy atom. The van der Waals surface area contributed by atoms with Crippen LogP contribution in [-0.4, -0.2) is 398 Å². The molecule has 20 atom stereocenters. The molecule has 5 fully saturated rings. The van der Waals surface area contributed by atoms with E-state index in [2.05, 4.69) is 47.3 Å². The van der Waals surface area contributed by atoms with Crippen LogP contribution in [0.5, 0.6) is 0 Å². The number of aliphatic hydroxyl groups excluding tert-OH is 16. The minimum atomic E-state index is -1.73. The van der Waals surface area contributed by atoms with Gasteiger partial charge in [0.05, 0.1) is 26.4 Å². The SMILES string of the molecule is CCCCCCCCN(C(=O)CCN1CCCN(CCC(=O)N(CCCCCCCC)[C@@H]2O[C@H](CO)[C@@H](O)[C@H](O)[C@H]2O)CCN(CCC(=O)N(CCCCCCCC)[C@@H]2O[C@H](CO)[C@@H](O)[C@H](O)[C@H]2O)CCCN(CCC(=O)N(CCCCCCCC)[C@@H]2O[C@H](CO)[C@@H](O)[C@H](O)[C@H]2O)CC1)[C@@H]1O[C@H](CO)[C@@H](O)[C@H](O)[C@H]1O. The average molecular weight is 1580 g/mol. The molecule has 644 valence electrons. The predicted molar refractivity (Wildman–Crippen MR) is 409 cm³/mol. The highest BCUT2D eigenvalue weighted by Gasteiger charge is 2.51. The molecular formula is C78H148N8O24. The fourth-order valence-electron chi connectivity index (χ4n) is 15.7. The van der Waals surface area contributed by atoms with Crippen molar-refractivity contribution < 1.29 is 120 Å². The second-order valence-electron chi connectivity index (χ2n) is 31.4. The van der Waals surface area contributed by atoms with E-state index in [1.807, 2.05) is 0 Å². The Labute approximate surface area is 654 Å². The minimum Gasteiger partial charge on any atom is -0.394 e. The smallest absolute Gasteiger partial charge is 0.225 e. The van der Waals surface area contributed by atoms with Crippen molar-refractivity contribution >= 4 is 23.6 Å². The van der Waals surface area contributed by atoms with Crippen LogP contribution in [0.15, 0.2) is 0 Å². The van der Waals surface area contributed by atoms with E-state index < -0.39 is 173 Å². The molecule has 0 radical (unpaired) electrons. The Bertz CT molecular complexity index is 2150. The van der Waals surface area contributed by atoms with E-state index in [1.54, 1.807) is 0 Å². The van der Waals surface area contributed by atoms with Crippen molar-refractivity contribution in [3.63, 3.8) is 0 Å². The summed E-state index contributed by atoms with van der Waals surface area (Å²) in [4.78, 5) is 73.6. The number of rotatable bonds is 48. The van der Waals surface area contributed by atoms with Crippen LogP contribution in [0.2, 0.25) is 0 Å². The first kappa shape index (κ1) is 97.5. The third-order valence-corrected chi connectivity index (χ3v) is 22.9. The van der Waals surface area contributed by atoms with E-state index >= 15 is 0 Å². The molecule has 5 heterocycles. The van der Waals surface area contributed by atoms with Gasteiger partial charge >= 0.3 is 0 Å². The summed E-state index contributed by atoms with van der Waals surface area (Å²) >= 11 is 0. The number of unbranched alkanes of at least 4 members (excludes halogenated alkanes) is 20. The maximum Gasteiger partial charge on any atom is 0.225 e. The fraction of sp³-hybridized carbons (Fsp3) is 0.949. The summed E-state index contributed by atoms with van der Waals surface area (Å²) in [5.41, 5.74) is 0. The third-order valence-electron chi connectivity index (χ3n) is 22.9. The van der Waals surface area contributed by atoms with Crippen LogP contribution in [-0.2, 0) is 38.1 Å². The first-order chi connectivity index (χ1) is 53.0. The summed E-state index contributed by atoms with van der Waals surface area (Å²) in [7, 11) is 0. The molecule has 0 aliphatic carbocycles. The van der Waals surface area contributed by atoms with Gasteiger partial charge in [-0.05, 0) is 64.7 Å². The highest BCUT2D eigenvalue weighted by atomic mass is 16.6. The first-order valence-corrected chi connectivity index (χ1v) is 42.3. The van der Waals surface area contributed by atoms with Gasteiger partial charge in [0, 0.05) is 104 Å². The molecule has 0 saturated carbocycles. The normalized spacial score (nSPS) is 30.9. The standard InChI is InChI=1S/C78H148N8O24/c1-5-9-13-17-21-25-39-83(75-71(103)67(99)63(95)55(51-87)107-75)59(91)31-43-79-35-29-36-81(45-33-61(93)85(41-27-23-19-15-11-7-3)77-73(105)69(101)65(97)57(53-89)109-77)49-50-82(46-34-62(94)86(42-28-24-20-16-12-8-4)78-74(106)70(102)66(98)58(54-90)110-78)38-30-37-80(48-47-79)44-32-60(92)84(40-26-22-18-14-10-6-2)76-72(104)68(100)64(96)56(52-88)108-76/h55-58,63-78,87-90,95-106H,5-54H2,1-4H3/t55-,56-,57-,58-,63-,64-,65-,66-,67+,68+,69+,70+,71-,72-,73-,74-,75-,76-,77-,78-/m1/s1. The van der Waals surface area contributed by atoms with Crippen molar-refractivity contribution in [2.24, 2.45) is 0 Å². The van der Waals surface area contributed by atoms with Gasteiger partial charge in [0.2, 0.25) is 23.6 Å². The van der Waals surface area contributed by atoms with Crippen molar-refractivity contribution in [3.8, 4) is 0 Å². The zero-order valence-electron chi connectivity index (χ0n) is 66.9. The van der Waals surface area contributed by atoms with Gasteiger partial charge < -0.3 is 140 Å². The van der Waals surface area contributed by atoms with Gasteiger partial charge in [-0.15, -0.1) is 0 Å². The number of carbonyl (C=O) groups is 4. The van der Waals surface area contributed by atoms with E-state index in [4.69, 9.17) is 18.9 Å². The molecule has 0 bridgehead atoms. The number of ether oxygens (including phenoxy) is 4. The molecule has 32 heteroatoms. The highest BCUT2D eigenvalue weighted by Crippen LogP contribution is 2.31. The predicted octanol–water partition coefficient (Wildman–Crippen LogP) is -0.495. The van der Waals surface area contributed by atoms with Crippen molar-refractivity contribution in [2.45, 2.75) is 343 Å². The zero-order valence-corrected chi connectivity index (χ0v) is 66.9. The van der Waals surface area contributed by atoms with E-state index in [-0.39, 0.29) is 78.0 Å². The van der Waals surface area contributed by atoms with E-state index in [0.29, 0.717) is 90.9 Å². The lowest BCUT2D eigenvalue weighted by Crippen LogP contribution is -2.64. The molecule has 32 nitrogen and oxygen atoms in total. The summed E-state index contributed by atoms with van der Waals surface area (Å²) in [6, 6.07) is 0. The summed E-state index contributed by atoms with van der Waals surface area (Å²) in [6.07, 6.45) is -9.45. The maximum atomic E-state index is 14.9. The van der Waals surface area contributed by atoms with Crippen LogP contribution in [0.3, 0.4) is 0 Å². The largest absolute Gasteiger partial charge is 0.394 e. The van der Waals surface area contributed by atoms with Crippen molar-refractivity contribution in [1.82, 2.24) is 39.2 Å². The van der Waals surface area contributed by atoms with E-state index in [1.165, 1.54) is 19.6 Å². The molecule has 0 aromatic rings. The molecule has 5 saturated heterocycles. The number of hydrogen-bond donors (Lipinski definition) is 16. The third kappa shape index (κ3) is 31.1. The number of nitrogens with zero attached hydrogens (tertiary/aromatic N) is 8. The Kier molecular flexibility index (Phi) is 47.9. The van der Waals surface area contributed by atoms with Gasteiger partial charge in [0.15, 0.2) is 24.9 Å². The minimum absolute atomic E-state index is 0.0963. The van der Waals surface area contributed by atoms with Crippen LogP contribution in [0.4, 0.5) is 0 Å². The summed E-state index contributed by atoms with van der Waals surface area (Å²) in [6.45, 7) is 9.83. The molecule has 0 aromatic carbocycles. The topological polar surface area (TPSA) is 455 Å². The molecular weight excluding hydrogens is 1430 g/mol. The first-order valence-electron chi connectivity index (χ1n) is 42.3. The molecule has 0 aromatic heterocycles. The fourth-order valence-corrected chi connectivity index (χ4v) is 15.7. The van der Waals surface area contributed by atoms with Gasteiger partial charge in [-0.3, -0.25) is 19.2 Å². The number of aliphatic hydroxyl groups is 16. The van der Waals surface area contributed by atoms with Crippen LogP contribution >= 0.6 is 0 Å². The summed E-state index contributed by atoms with van der Waals surface area (Å²) in [5, 5.41) is 174.